The Kier molecular flexibility index (Phi) is 5.62. The lowest BCUT2D eigenvalue weighted by atomic mass is 9.63. The SMILES string of the molecule is CC1(C)CCC(C)(C)c2cc(-c3cccc(-c4cccc(B5OC(C)(C)C(C)(C)O5)c4)c3)ccc21. The molecule has 1 aliphatic heterocycles. The minimum atomic E-state index is -0.352. The van der Waals surface area contributed by atoms with Gasteiger partial charge in [-0.3, -0.25) is 0 Å². The van der Waals surface area contributed by atoms with Crippen LogP contribution in [-0.2, 0) is 20.1 Å². The predicted octanol–water partition coefficient (Wildman–Crippen LogP) is 7.67. The van der Waals surface area contributed by atoms with E-state index in [-0.39, 0.29) is 29.2 Å². The van der Waals surface area contributed by atoms with E-state index in [0.717, 1.165) is 5.46 Å². The van der Waals surface area contributed by atoms with E-state index in [0.29, 0.717) is 0 Å². The predicted molar refractivity (Wildman–Crippen MR) is 148 cm³/mol. The zero-order valence-corrected chi connectivity index (χ0v) is 22.7. The molecule has 0 aromatic heterocycles. The quantitative estimate of drug-likeness (QED) is 0.369. The zero-order chi connectivity index (χ0) is 25.2. The molecule has 3 aromatic carbocycles. The van der Waals surface area contributed by atoms with E-state index in [4.69, 9.17) is 9.31 Å². The fourth-order valence-electron chi connectivity index (χ4n) is 5.49. The molecule has 1 fully saturated rings. The lowest BCUT2D eigenvalue weighted by molar-refractivity contribution is 0.00578. The molecule has 0 unspecified atom stereocenters. The summed E-state index contributed by atoms with van der Waals surface area (Å²) in [6, 6.07) is 24.6. The molecule has 0 atom stereocenters. The molecule has 1 aliphatic carbocycles. The van der Waals surface area contributed by atoms with Gasteiger partial charge >= 0.3 is 7.12 Å². The van der Waals surface area contributed by atoms with Crippen LogP contribution >= 0.6 is 0 Å². The maximum absolute atomic E-state index is 6.30. The summed E-state index contributed by atoms with van der Waals surface area (Å²) < 4.78 is 12.6. The normalized spacial score (nSPS) is 21.5. The van der Waals surface area contributed by atoms with Crippen LogP contribution in [0.1, 0.15) is 79.4 Å². The summed E-state index contributed by atoms with van der Waals surface area (Å²) in [5, 5.41) is 0. The van der Waals surface area contributed by atoms with Crippen molar-refractivity contribution in [3.05, 3.63) is 77.9 Å². The van der Waals surface area contributed by atoms with E-state index in [1.807, 2.05) is 0 Å². The van der Waals surface area contributed by atoms with Gasteiger partial charge in [-0.1, -0.05) is 88.4 Å². The minimum absolute atomic E-state index is 0.204. The van der Waals surface area contributed by atoms with E-state index in [1.165, 1.54) is 46.2 Å². The Morgan fingerprint density at radius 1 is 0.543 bits per heavy atom. The molecule has 0 N–H and O–H groups in total. The smallest absolute Gasteiger partial charge is 0.399 e. The van der Waals surface area contributed by atoms with E-state index >= 15 is 0 Å². The van der Waals surface area contributed by atoms with Crippen LogP contribution in [0.15, 0.2) is 66.7 Å². The number of hydrogen-bond donors (Lipinski definition) is 0. The van der Waals surface area contributed by atoms with E-state index in [9.17, 15) is 0 Å². The summed E-state index contributed by atoms with van der Waals surface area (Å²) in [5.74, 6) is 0. The van der Waals surface area contributed by atoms with Crippen LogP contribution in [0, 0.1) is 0 Å². The van der Waals surface area contributed by atoms with Crippen molar-refractivity contribution in [3.63, 3.8) is 0 Å². The van der Waals surface area contributed by atoms with Gasteiger partial charge in [0.1, 0.15) is 0 Å². The summed E-state index contributed by atoms with van der Waals surface area (Å²) in [7, 11) is -0.352. The second kappa shape index (κ2) is 8.08. The number of fused-ring (bicyclic) bond motifs is 1. The maximum atomic E-state index is 6.30. The highest BCUT2D eigenvalue weighted by atomic mass is 16.7. The molecule has 35 heavy (non-hydrogen) atoms. The molecule has 2 aliphatic rings. The molecule has 0 amide bonds. The van der Waals surface area contributed by atoms with E-state index in [2.05, 4.69) is 122 Å². The van der Waals surface area contributed by atoms with Crippen molar-refractivity contribution in [3.8, 4) is 22.3 Å². The van der Waals surface area contributed by atoms with Crippen LogP contribution in [0.3, 0.4) is 0 Å². The summed E-state index contributed by atoms with van der Waals surface area (Å²) in [6.45, 7) is 17.9. The number of rotatable bonds is 3. The molecule has 5 rings (SSSR count). The zero-order valence-electron chi connectivity index (χ0n) is 22.7. The van der Waals surface area contributed by atoms with Gasteiger partial charge in [-0.15, -0.1) is 0 Å². The molecular weight excluding hydrogens is 427 g/mol. The van der Waals surface area contributed by atoms with Gasteiger partial charge in [0.25, 0.3) is 0 Å². The molecule has 3 aromatic rings. The molecule has 3 heteroatoms. The van der Waals surface area contributed by atoms with E-state index in [1.54, 1.807) is 0 Å². The van der Waals surface area contributed by atoms with E-state index < -0.39 is 0 Å². The number of hydrogen-bond acceptors (Lipinski definition) is 2. The fraction of sp³-hybridized carbons (Fsp3) is 0.438. The van der Waals surface area contributed by atoms with Crippen molar-refractivity contribution in [1.82, 2.24) is 0 Å². The van der Waals surface area contributed by atoms with Crippen molar-refractivity contribution in [1.29, 1.82) is 0 Å². The standard InChI is InChI=1S/C32H39BO2/c1-29(2)17-18-30(3,4)28-21-25(15-16-27(28)29)23-12-9-11-22(19-23)24-13-10-14-26(20-24)33-34-31(5,6)32(7,8)35-33/h9-16,19-21H,17-18H2,1-8H3. The van der Waals surface area contributed by atoms with Crippen molar-refractivity contribution < 1.29 is 9.31 Å². The van der Waals surface area contributed by atoms with Crippen molar-refractivity contribution >= 4 is 12.6 Å². The molecule has 2 nitrogen and oxygen atoms in total. The lowest BCUT2D eigenvalue weighted by Gasteiger charge is -2.42. The first kappa shape index (κ1) is 24.3. The second-order valence-corrected chi connectivity index (χ2v) is 12.8. The first-order valence-corrected chi connectivity index (χ1v) is 13.0. The van der Waals surface area contributed by atoms with Crippen molar-refractivity contribution in [2.75, 3.05) is 0 Å². The largest absolute Gasteiger partial charge is 0.494 e. The highest BCUT2D eigenvalue weighted by molar-refractivity contribution is 6.62. The van der Waals surface area contributed by atoms with Crippen molar-refractivity contribution in [2.24, 2.45) is 0 Å². The third-order valence-electron chi connectivity index (χ3n) is 8.79. The molecular formula is C32H39BO2. The monoisotopic (exact) mass is 466 g/mol. The average Bonchev–Trinajstić information content (AvgIpc) is 3.04. The first-order valence-electron chi connectivity index (χ1n) is 13.0. The number of benzene rings is 3. The Bertz CT molecular complexity index is 1250. The Labute approximate surface area is 212 Å². The van der Waals surface area contributed by atoms with Crippen molar-refractivity contribution in [2.45, 2.75) is 90.3 Å². The lowest BCUT2D eigenvalue weighted by Crippen LogP contribution is -2.41. The Balaban J connectivity index is 1.49. The molecule has 1 heterocycles. The molecule has 182 valence electrons. The van der Waals surface area contributed by atoms with Gasteiger partial charge in [0.15, 0.2) is 0 Å². The molecule has 1 saturated heterocycles. The van der Waals surface area contributed by atoms with Gasteiger partial charge in [0.2, 0.25) is 0 Å². The van der Waals surface area contributed by atoms with Gasteiger partial charge in [0, 0.05) is 0 Å². The first-order chi connectivity index (χ1) is 16.3. The van der Waals surface area contributed by atoms with Crippen LogP contribution < -0.4 is 5.46 Å². The highest BCUT2D eigenvalue weighted by Crippen LogP contribution is 2.47. The topological polar surface area (TPSA) is 18.5 Å². The summed E-state index contributed by atoms with van der Waals surface area (Å²) in [6.07, 6.45) is 2.46. The maximum Gasteiger partial charge on any atom is 0.494 e. The van der Waals surface area contributed by atoms with Crippen LogP contribution in [-0.4, -0.2) is 18.3 Å². The van der Waals surface area contributed by atoms with Gasteiger partial charge in [-0.05, 0) is 96.3 Å². The highest BCUT2D eigenvalue weighted by Gasteiger charge is 2.51. The van der Waals surface area contributed by atoms with Crippen LogP contribution in [0.4, 0.5) is 0 Å². The molecule has 0 radical (unpaired) electrons. The Morgan fingerprint density at radius 3 is 1.63 bits per heavy atom. The van der Waals surface area contributed by atoms with Gasteiger partial charge < -0.3 is 9.31 Å². The molecule has 0 spiro atoms. The average molecular weight is 466 g/mol. The van der Waals surface area contributed by atoms with Crippen LogP contribution in [0.2, 0.25) is 0 Å². The van der Waals surface area contributed by atoms with Crippen LogP contribution in [0.5, 0.6) is 0 Å². The molecule has 0 bridgehead atoms. The summed E-state index contributed by atoms with van der Waals surface area (Å²) >= 11 is 0. The Hall–Kier alpha value is -2.36. The van der Waals surface area contributed by atoms with Gasteiger partial charge in [-0.2, -0.15) is 0 Å². The minimum Gasteiger partial charge on any atom is -0.399 e. The third-order valence-corrected chi connectivity index (χ3v) is 8.79. The van der Waals surface area contributed by atoms with Gasteiger partial charge in [0.05, 0.1) is 11.2 Å². The summed E-state index contributed by atoms with van der Waals surface area (Å²) in [5.41, 5.74) is 8.74. The third kappa shape index (κ3) is 4.28. The second-order valence-electron chi connectivity index (χ2n) is 12.8. The van der Waals surface area contributed by atoms with Crippen LogP contribution in [0.25, 0.3) is 22.3 Å². The van der Waals surface area contributed by atoms with Gasteiger partial charge in [-0.25, -0.2) is 0 Å². The molecule has 0 saturated carbocycles. The Morgan fingerprint density at radius 2 is 1.03 bits per heavy atom. The fourth-order valence-corrected chi connectivity index (χ4v) is 5.49. The summed E-state index contributed by atoms with van der Waals surface area (Å²) in [4.78, 5) is 0.